The lowest BCUT2D eigenvalue weighted by molar-refractivity contribution is 0.411. The number of H-pyrrole nitrogens is 1. The zero-order valence-electron chi connectivity index (χ0n) is 10.6. The normalized spacial score (nSPS) is 10.6. The lowest BCUT2D eigenvalue weighted by Crippen LogP contribution is -1.92. The number of imidazole rings is 1. The van der Waals surface area contributed by atoms with E-state index in [0.717, 1.165) is 33.8 Å². The van der Waals surface area contributed by atoms with Gasteiger partial charge >= 0.3 is 0 Å². The van der Waals surface area contributed by atoms with E-state index in [1.807, 2.05) is 26.8 Å². The van der Waals surface area contributed by atoms with Crippen LogP contribution in [0.3, 0.4) is 0 Å². The molecule has 0 aliphatic heterocycles. The van der Waals surface area contributed by atoms with Gasteiger partial charge in [-0.25, -0.2) is 4.98 Å². The number of aromatic nitrogens is 2. The van der Waals surface area contributed by atoms with Crippen LogP contribution in [0, 0.1) is 20.8 Å². The first kappa shape index (κ1) is 11.5. The number of methoxy groups -OCH3 is 1. The number of nitrogens with two attached hydrogens (primary N) is 1. The Labute approximate surface area is 101 Å². The predicted octanol–water partition coefficient (Wildman–Crippen LogP) is 2.59. The molecule has 1 aromatic carbocycles. The number of nitrogens with zero attached hydrogens (tertiary/aromatic N) is 1. The highest BCUT2D eigenvalue weighted by molar-refractivity contribution is 5.69. The van der Waals surface area contributed by atoms with E-state index in [1.165, 1.54) is 0 Å². The number of anilines is 1. The monoisotopic (exact) mass is 231 g/mol. The fourth-order valence-corrected chi connectivity index (χ4v) is 2.01. The van der Waals surface area contributed by atoms with E-state index in [9.17, 15) is 0 Å². The van der Waals surface area contributed by atoms with E-state index in [0.29, 0.717) is 5.95 Å². The third-order valence-corrected chi connectivity index (χ3v) is 2.90. The second-order valence-electron chi connectivity index (χ2n) is 4.23. The summed E-state index contributed by atoms with van der Waals surface area (Å²) in [6.45, 7) is 6.03. The second kappa shape index (κ2) is 4.13. The fraction of sp³-hybridized carbons (Fsp3) is 0.308. The van der Waals surface area contributed by atoms with Crippen molar-refractivity contribution in [3.63, 3.8) is 0 Å². The Bertz CT molecular complexity index is 558. The molecule has 0 amide bonds. The first-order valence-corrected chi connectivity index (χ1v) is 5.50. The third-order valence-electron chi connectivity index (χ3n) is 2.90. The minimum absolute atomic E-state index is 0.449. The van der Waals surface area contributed by atoms with Gasteiger partial charge in [-0.2, -0.15) is 0 Å². The molecule has 0 spiro atoms. The molecule has 0 unspecified atom stereocenters. The Morgan fingerprint density at radius 2 is 1.88 bits per heavy atom. The lowest BCUT2D eigenvalue weighted by Gasteiger charge is -2.10. The summed E-state index contributed by atoms with van der Waals surface area (Å²) in [5.41, 5.74) is 10.9. The zero-order valence-corrected chi connectivity index (χ0v) is 10.6. The summed E-state index contributed by atoms with van der Waals surface area (Å²) < 4.78 is 5.30. The van der Waals surface area contributed by atoms with Gasteiger partial charge in [0.2, 0.25) is 0 Å². The molecular formula is C13H17N3O. The summed E-state index contributed by atoms with van der Waals surface area (Å²) in [5, 5.41) is 0. The van der Waals surface area contributed by atoms with Crippen LogP contribution in [-0.2, 0) is 0 Å². The molecule has 17 heavy (non-hydrogen) atoms. The van der Waals surface area contributed by atoms with Crippen molar-refractivity contribution >= 4 is 5.95 Å². The van der Waals surface area contributed by atoms with Gasteiger partial charge in [0.1, 0.15) is 5.75 Å². The maximum atomic E-state index is 5.67. The van der Waals surface area contributed by atoms with Crippen molar-refractivity contribution in [1.29, 1.82) is 0 Å². The summed E-state index contributed by atoms with van der Waals surface area (Å²) in [7, 11) is 1.68. The molecule has 0 fully saturated rings. The molecule has 90 valence electrons. The van der Waals surface area contributed by atoms with Crippen molar-refractivity contribution in [3.8, 4) is 17.0 Å². The number of nitrogens with one attached hydrogen (secondary N) is 1. The fourth-order valence-electron chi connectivity index (χ4n) is 2.01. The van der Waals surface area contributed by atoms with E-state index >= 15 is 0 Å². The number of hydrogen-bond donors (Lipinski definition) is 2. The van der Waals surface area contributed by atoms with Crippen molar-refractivity contribution < 1.29 is 4.74 Å². The molecule has 4 nitrogen and oxygen atoms in total. The molecule has 0 saturated carbocycles. The van der Waals surface area contributed by atoms with Crippen LogP contribution in [0.25, 0.3) is 11.3 Å². The molecule has 2 rings (SSSR count). The number of nitrogen functional groups attached to an aromatic ring is 1. The van der Waals surface area contributed by atoms with Gasteiger partial charge in [0.15, 0.2) is 5.95 Å². The Morgan fingerprint density at radius 3 is 2.41 bits per heavy atom. The van der Waals surface area contributed by atoms with Crippen LogP contribution < -0.4 is 10.5 Å². The predicted molar refractivity (Wildman–Crippen MR) is 69.2 cm³/mol. The Kier molecular flexibility index (Phi) is 2.79. The highest BCUT2D eigenvalue weighted by Crippen LogP contribution is 2.30. The Balaban J connectivity index is 2.60. The summed E-state index contributed by atoms with van der Waals surface area (Å²) in [6.07, 6.45) is 0. The van der Waals surface area contributed by atoms with Crippen molar-refractivity contribution in [1.82, 2.24) is 9.97 Å². The van der Waals surface area contributed by atoms with E-state index in [4.69, 9.17) is 10.5 Å². The number of aryl methyl sites for hydroxylation is 3. The van der Waals surface area contributed by atoms with Gasteiger partial charge < -0.3 is 15.5 Å². The van der Waals surface area contributed by atoms with Crippen LogP contribution in [-0.4, -0.2) is 17.1 Å². The molecule has 4 heteroatoms. The van der Waals surface area contributed by atoms with E-state index in [-0.39, 0.29) is 0 Å². The SMILES string of the molecule is COc1cc(C)c(-c2nc(N)[nH]c2C)cc1C. The maximum absolute atomic E-state index is 5.67. The molecule has 0 radical (unpaired) electrons. The summed E-state index contributed by atoms with van der Waals surface area (Å²) in [4.78, 5) is 7.34. The van der Waals surface area contributed by atoms with E-state index in [1.54, 1.807) is 7.11 Å². The molecule has 0 aliphatic rings. The van der Waals surface area contributed by atoms with Crippen molar-refractivity contribution in [2.24, 2.45) is 0 Å². The minimum atomic E-state index is 0.449. The van der Waals surface area contributed by atoms with Crippen LogP contribution >= 0.6 is 0 Å². The molecule has 0 atom stereocenters. The van der Waals surface area contributed by atoms with Crippen molar-refractivity contribution in [2.45, 2.75) is 20.8 Å². The lowest BCUT2D eigenvalue weighted by atomic mass is 10.0. The third kappa shape index (κ3) is 1.98. The quantitative estimate of drug-likeness (QED) is 0.835. The molecule has 1 heterocycles. The Hall–Kier alpha value is -1.97. The number of hydrogen-bond acceptors (Lipinski definition) is 3. The van der Waals surface area contributed by atoms with Crippen LogP contribution in [0.15, 0.2) is 12.1 Å². The molecule has 3 N–H and O–H groups in total. The largest absolute Gasteiger partial charge is 0.496 e. The highest BCUT2D eigenvalue weighted by atomic mass is 16.5. The molecule has 2 aromatic rings. The first-order valence-electron chi connectivity index (χ1n) is 5.50. The van der Waals surface area contributed by atoms with Crippen LogP contribution in [0.1, 0.15) is 16.8 Å². The second-order valence-corrected chi connectivity index (χ2v) is 4.23. The smallest absolute Gasteiger partial charge is 0.198 e. The minimum Gasteiger partial charge on any atom is -0.496 e. The van der Waals surface area contributed by atoms with Gasteiger partial charge in [0.25, 0.3) is 0 Å². The van der Waals surface area contributed by atoms with Crippen LogP contribution in [0.4, 0.5) is 5.95 Å². The van der Waals surface area contributed by atoms with Crippen LogP contribution in [0.5, 0.6) is 5.75 Å². The number of rotatable bonds is 2. The zero-order chi connectivity index (χ0) is 12.6. The molecular weight excluding hydrogens is 214 g/mol. The topological polar surface area (TPSA) is 63.9 Å². The molecule has 0 saturated heterocycles. The van der Waals surface area contributed by atoms with Gasteiger partial charge in [-0.3, -0.25) is 0 Å². The number of benzene rings is 1. The highest BCUT2D eigenvalue weighted by Gasteiger charge is 2.12. The number of aromatic amines is 1. The van der Waals surface area contributed by atoms with Gasteiger partial charge in [-0.1, -0.05) is 0 Å². The summed E-state index contributed by atoms with van der Waals surface area (Å²) >= 11 is 0. The summed E-state index contributed by atoms with van der Waals surface area (Å²) in [6, 6.07) is 4.10. The average Bonchev–Trinajstić information content (AvgIpc) is 2.60. The first-order chi connectivity index (χ1) is 8.02. The molecule has 1 aromatic heterocycles. The summed E-state index contributed by atoms with van der Waals surface area (Å²) in [5.74, 6) is 1.35. The van der Waals surface area contributed by atoms with E-state index < -0.39 is 0 Å². The van der Waals surface area contributed by atoms with E-state index in [2.05, 4.69) is 16.0 Å². The van der Waals surface area contributed by atoms with Gasteiger partial charge in [-0.15, -0.1) is 0 Å². The van der Waals surface area contributed by atoms with Gasteiger partial charge in [-0.05, 0) is 44.0 Å². The van der Waals surface area contributed by atoms with Crippen LogP contribution in [0.2, 0.25) is 0 Å². The van der Waals surface area contributed by atoms with Crippen molar-refractivity contribution in [2.75, 3.05) is 12.8 Å². The number of ether oxygens (including phenoxy) is 1. The van der Waals surface area contributed by atoms with Gasteiger partial charge in [0.05, 0.1) is 12.8 Å². The Morgan fingerprint density at radius 1 is 1.18 bits per heavy atom. The molecule has 0 aliphatic carbocycles. The maximum Gasteiger partial charge on any atom is 0.198 e. The van der Waals surface area contributed by atoms with Crippen molar-refractivity contribution in [3.05, 3.63) is 29.0 Å². The van der Waals surface area contributed by atoms with Gasteiger partial charge in [0, 0.05) is 11.3 Å². The average molecular weight is 231 g/mol. The standard InChI is InChI=1S/C13H17N3O/c1-7-6-11(17-4)8(2)5-10(7)12-9(3)15-13(14)16-12/h5-6H,1-4H3,(H3,14,15,16). The molecule has 0 bridgehead atoms.